The number of para-hydroxylation sites is 1. The molecule has 1 heterocycles. The molecule has 0 amide bonds. The lowest BCUT2D eigenvalue weighted by Gasteiger charge is -2.24. The van der Waals surface area contributed by atoms with Crippen LogP contribution in [0.4, 0.5) is 11.5 Å². The van der Waals surface area contributed by atoms with Crippen LogP contribution in [0.15, 0.2) is 66.9 Å². The van der Waals surface area contributed by atoms with Crippen molar-refractivity contribution in [2.45, 2.75) is 6.42 Å². The first-order chi connectivity index (χ1) is 10.4. The van der Waals surface area contributed by atoms with Crippen molar-refractivity contribution in [3.05, 3.63) is 66.9 Å². The molecule has 2 nitrogen and oxygen atoms in total. The minimum Gasteiger partial charge on any atom is -0.325 e. The van der Waals surface area contributed by atoms with Gasteiger partial charge in [-0.15, -0.1) is 12.3 Å². The summed E-state index contributed by atoms with van der Waals surface area (Å²) in [7, 11) is 0. The summed E-state index contributed by atoms with van der Waals surface area (Å²) in [6.07, 6.45) is 7.98. The van der Waals surface area contributed by atoms with Gasteiger partial charge >= 0.3 is 0 Å². The summed E-state index contributed by atoms with van der Waals surface area (Å²) in [5.41, 5.74) is 1.11. The fourth-order valence-electron chi connectivity index (χ4n) is 2.46. The van der Waals surface area contributed by atoms with Gasteiger partial charge in [-0.05, 0) is 23.6 Å². The molecule has 0 fully saturated rings. The second-order valence-electron chi connectivity index (χ2n) is 4.80. The first-order valence-corrected chi connectivity index (χ1v) is 7.00. The molecular weight excluding hydrogens is 256 g/mol. The average molecular weight is 272 g/mol. The van der Waals surface area contributed by atoms with E-state index in [9.17, 15) is 0 Å². The molecule has 0 radical (unpaired) electrons. The molecule has 0 aliphatic carbocycles. The molecule has 0 unspecified atom stereocenters. The standard InChI is InChI=1S/C19H16N2/c1-2-3-15-21(17-10-5-4-6-11-17)19-18-12-8-7-9-16(18)13-14-20-19/h1,4-14H,3,15H2. The largest absolute Gasteiger partial charge is 0.325 e. The smallest absolute Gasteiger partial charge is 0.140 e. The number of aromatic nitrogens is 1. The van der Waals surface area contributed by atoms with E-state index in [0.29, 0.717) is 6.42 Å². The molecule has 0 spiro atoms. The fraction of sp³-hybridized carbons (Fsp3) is 0.105. The van der Waals surface area contributed by atoms with Gasteiger partial charge in [-0.25, -0.2) is 4.98 Å². The lowest BCUT2D eigenvalue weighted by atomic mass is 10.1. The van der Waals surface area contributed by atoms with Crippen LogP contribution >= 0.6 is 0 Å². The van der Waals surface area contributed by atoms with Gasteiger partial charge in [-0.1, -0.05) is 42.5 Å². The van der Waals surface area contributed by atoms with E-state index in [1.54, 1.807) is 0 Å². The zero-order chi connectivity index (χ0) is 14.5. The number of rotatable bonds is 4. The third kappa shape index (κ3) is 2.73. The van der Waals surface area contributed by atoms with Gasteiger partial charge in [0.15, 0.2) is 0 Å². The third-order valence-corrected chi connectivity index (χ3v) is 3.46. The molecule has 21 heavy (non-hydrogen) atoms. The highest BCUT2D eigenvalue weighted by molar-refractivity contribution is 5.93. The van der Waals surface area contributed by atoms with Crippen molar-refractivity contribution in [2.24, 2.45) is 0 Å². The Balaban J connectivity index is 2.13. The summed E-state index contributed by atoms with van der Waals surface area (Å²) in [6.45, 7) is 0.752. The molecule has 0 saturated carbocycles. The summed E-state index contributed by atoms with van der Waals surface area (Å²) in [6, 6.07) is 20.6. The maximum atomic E-state index is 5.45. The third-order valence-electron chi connectivity index (χ3n) is 3.46. The van der Waals surface area contributed by atoms with E-state index >= 15 is 0 Å². The Morgan fingerprint density at radius 2 is 1.71 bits per heavy atom. The van der Waals surface area contributed by atoms with Crippen molar-refractivity contribution < 1.29 is 0 Å². The summed E-state index contributed by atoms with van der Waals surface area (Å²) >= 11 is 0. The number of hydrogen-bond acceptors (Lipinski definition) is 2. The van der Waals surface area contributed by atoms with E-state index in [4.69, 9.17) is 6.42 Å². The highest BCUT2D eigenvalue weighted by Crippen LogP contribution is 2.30. The topological polar surface area (TPSA) is 16.1 Å². The lowest BCUT2D eigenvalue weighted by Crippen LogP contribution is -2.19. The lowest BCUT2D eigenvalue weighted by molar-refractivity contribution is 0.941. The minimum atomic E-state index is 0.680. The van der Waals surface area contributed by atoms with Gasteiger partial charge in [0.25, 0.3) is 0 Å². The number of benzene rings is 2. The molecule has 0 aliphatic rings. The Hall–Kier alpha value is -2.79. The quantitative estimate of drug-likeness (QED) is 0.655. The van der Waals surface area contributed by atoms with Gasteiger partial charge < -0.3 is 4.90 Å². The van der Waals surface area contributed by atoms with Gasteiger partial charge in [0.05, 0.1) is 0 Å². The second kappa shape index (κ2) is 6.11. The zero-order valence-corrected chi connectivity index (χ0v) is 11.7. The maximum Gasteiger partial charge on any atom is 0.140 e. The maximum absolute atomic E-state index is 5.45. The van der Waals surface area contributed by atoms with Crippen LogP contribution in [-0.4, -0.2) is 11.5 Å². The SMILES string of the molecule is C#CCCN(c1ccccc1)c1nccc2ccccc12. The van der Waals surface area contributed by atoms with Gasteiger partial charge in [0, 0.05) is 30.2 Å². The molecule has 2 heteroatoms. The van der Waals surface area contributed by atoms with Crippen molar-refractivity contribution in [1.82, 2.24) is 4.98 Å². The first kappa shape index (κ1) is 13.2. The van der Waals surface area contributed by atoms with Gasteiger partial charge in [0.2, 0.25) is 0 Å². The summed E-state index contributed by atoms with van der Waals surface area (Å²) in [4.78, 5) is 6.78. The Bertz CT molecular complexity index is 767. The molecule has 3 rings (SSSR count). The fourth-order valence-corrected chi connectivity index (χ4v) is 2.46. The Labute approximate surface area is 125 Å². The number of anilines is 2. The first-order valence-electron chi connectivity index (χ1n) is 7.00. The van der Waals surface area contributed by atoms with Gasteiger partial charge in [-0.2, -0.15) is 0 Å². The van der Waals surface area contributed by atoms with Crippen LogP contribution in [0.25, 0.3) is 10.8 Å². The second-order valence-corrected chi connectivity index (χ2v) is 4.80. The van der Waals surface area contributed by atoms with Crippen molar-refractivity contribution >= 4 is 22.3 Å². The van der Waals surface area contributed by atoms with E-state index in [1.807, 2.05) is 42.6 Å². The van der Waals surface area contributed by atoms with Crippen molar-refractivity contribution in [3.8, 4) is 12.3 Å². The van der Waals surface area contributed by atoms with E-state index in [1.165, 1.54) is 5.39 Å². The highest BCUT2D eigenvalue weighted by Gasteiger charge is 2.12. The molecule has 102 valence electrons. The van der Waals surface area contributed by atoms with Gasteiger partial charge in [0.1, 0.15) is 5.82 Å². The summed E-state index contributed by atoms with van der Waals surface area (Å²) < 4.78 is 0. The number of terminal acetylenes is 1. The molecule has 3 aromatic rings. The Kier molecular flexibility index (Phi) is 3.84. The minimum absolute atomic E-state index is 0.680. The van der Waals surface area contributed by atoms with Crippen LogP contribution in [-0.2, 0) is 0 Å². The van der Waals surface area contributed by atoms with Gasteiger partial charge in [-0.3, -0.25) is 0 Å². The number of pyridine rings is 1. The molecule has 2 aromatic carbocycles. The van der Waals surface area contributed by atoms with E-state index in [2.05, 4.69) is 40.1 Å². The van der Waals surface area contributed by atoms with Crippen molar-refractivity contribution in [1.29, 1.82) is 0 Å². The van der Waals surface area contributed by atoms with E-state index in [-0.39, 0.29) is 0 Å². The molecule has 0 atom stereocenters. The van der Waals surface area contributed by atoms with Crippen LogP contribution in [0.3, 0.4) is 0 Å². The van der Waals surface area contributed by atoms with Crippen LogP contribution in [0.5, 0.6) is 0 Å². The average Bonchev–Trinajstić information content (AvgIpc) is 2.56. The molecule has 0 bridgehead atoms. The number of hydrogen-bond donors (Lipinski definition) is 0. The van der Waals surface area contributed by atoms with Crippen LogP contribution < -0.4 is 4.90 Å². The molecule has 0 aliphatic heterocycles. The zero-order valence-electron chi connectivity index (χ0n) is 11.7. The summed E-state index contributed by atoms with van der Waals surface area (Å²) in [5.74, 6) is 3.67. The predicted molar refractivity (Wildman–Crippen MR) is 88.6 cm³/mol. The predicted octanol–water partition coefficient (Wildman–Crippen LogP) is 4.40. The molecule has 0 saturated heterocycles. The van der Waals surface area contributed by atoms with Crippen molar-refractivity contribution in [2.75, 3.05) is 11.4 Å². The summed E-state index contributed by atoms with van der Waals surface area (Å²) in [5, 5.41) is 2.32. The number of nitrogens with zero attached hydrogens (tertiary/aromatic N) is 2. The van der Waals surface area contributed by atoms with Crippen LogP contribution in [0, 0.1) is 12.3 Å². The monoisotopic (exact) mass is 272 g/mol. The van der Waals surface area contributed by atoms with Crippen molar-refractivity contribution in [3.63, 3.8) is 0 Å². The van der Waals surface area contributed by atoms with E-state index < -0.39 is 0 Å². The van der Waals surface area contributed by atoms with Crippen LogP contribution in [0.2, 0.25) is 0 Å². The highest BCUT2D eigenvalue weighted by atomic mass is 15.2. The van der Waals surface area contributed by atoms with Crippen LogP contribution in [0.1, 0.15) is 6.42 Å². The Morgan fingerprint density at radius 1 is 0.952 bits per heavy atom. The Morgan fingerprint density at radius 3 is 2.52 bits per heavy atom. The van der Waals surface area contributed by atoms with E-state index in [0.717, 1.165) is 23.4 Å². The number of fused-ring (bicyclic) bond motifs is 1. The molecular formula is C19H16N2. The molecule has 1 aromatic heterocycles. The normalized spacial score (nSPS) is 10.2. The molecule has 0 N–H and O–H groups in total.